The Morgan fingerprint density at radius 1 is 1.20 bits per heavy atom. The summed E-state index contributed by atoms with van der Waals surface area (Å²) in [5, 5.41) is 4.90. The molecular formula is C16H18BrN2O+. The van der Waals surface area contributed by atoms with E-state index in [-0.39, 0.29) is 5.91 Å². The van der Waals surface area contributed by atoms with Gasteiger partial charge in [-0.05, 0) is 40.5 Å². The minimum Gasteiger partial charge on any atom is -0.335 e. The van der Waals surface area contributed by atoms with Crippen molar-refractivity contribution in [2.24, 2.45) is 0 Å². The van der Waals surface area contributed by atoms with Gasteiger partial charge in [-0.25, -0.2) is 0 Å². The Labute approximate surface area is 127 Å². The van der Waals surface area contributed by atoms with Gasteiger partial charge in [0.2, 0.25) is 0 Å². The van der Waals surface area contributed by atoms with Gasteiger partial charge in [-0.15, -0.1) is 0 Å². The molecule has 3 nitrogen and oxygen atoms in total. The predicted octanol–water partition coefficient (Wildman–Crippen LogP) is 2.46. The van der Waals surface area contributed by atoms with E-state index in [1.165, 1.54) is 5.56 Å². The fraction of sp³-hybridized carbons (Fsp3) is 0.188. The van der Waals surface area contributed by atoms with Gasteiger partial charge >= 0.3 is 0 Å². The van der Waals surface area contributed by atoms with Gasteiger partial charge in [0, 0.05) is 10.0 Å². The smallest absolute Gasteiger partial charge is 0.279 e. The van der Waals surface area contributed by atoms with E-state index in [1.807, 2.05) is 48.6 Å². The molecule has 0 aromatic heterocycles. The molecule has 20 heavy (non-hydrogen) atoms. The van der Waals surface area contributed by atoms with Crippen molar-refractivity contribution in [3.8, 4) is 0 Å². The molecule has 0 saturated carbocycles. The summed E-state index contributed by atoms with van der Waals surface area (Å²) in [6, 6.07) is 16.0. The number of benzene rings is 2. The minimum absolute atomic E-state index is 0.00508. The Morgan fingerprint density at radius 2 is 1.95 bits per heavy atom. The number of anilines is 1. The highest BCUT2D eigenvalue weighted by molar-refractivity contribution is 9.10. The first-order valence-electron chi connectivity index (χ1n) is 6.57. The van der Waals surface area contributed by atoms with Gasteiger partial charge in [-0.1, -0.05) is 36.4 Å². The van der Waals surface area contributed by atoms with Crippen molar-refractivity contribution in [2.75, 3.05) is 11.9 Å². The van der Waals surface area contributed by atoms with Gasteiger partial charge in [-0.3, -0.25) is 4.79 Å². The van der Waals surface area contributed by atoms with Crippen molar-refractivity contribution in [2.45, 2.75) is 13.5 Å². The molecule has 1 amide bonds. The van der Waals surface area contributed by atoms with E-state index in [1.54, 1.807) is 0 Å². The van der Waals surface area contributed by atoms with Crippen molar-refractivity contribution in [1.29, 1.82) is 0 Å². The monoisotopic (exact) mass is 333 g/mol. The average Bonchev–Trinajstić information content (AvgIpc) is 2.43. The molecule has 3 N–H and O–H groups in total. The zero-order valence-corrected chi connectivity index (χ0v) is 13.0. The number of carbonyl (C=O) groups excluding carboxylic acids is 1. The summed E-state index contributed by atoms with van der Waals surface area (Å²) in [6.07, 6.45) is 0. The predicted molar refractivity (Wildman–Crippen MR) is 84.4 cm³/mol. The average molecular weight is 334 g/mol. The zero-order valence-electron chi connectivity index (χ0n) is 11.4. The summed E-state index contributed by atoms with van der Waals surface area (Å²) in [6.45, 7) is 3.24. The summed E-state index contributed by atoms with van der Waals surface area (Å²) < 4.78 is 0.911. The summed E-state index contributed by atoms with van der Waals surface area (Å²) in [4.78, 5) is 11.9. The van der Waals surface area contributed by atoms with Crippen molar-refractivity contribution >= 4 is 27.5 Å². The van der Waals surface area contributed by atoms with E-state index in [0.29, 0.717) is 6.54 Å². The van der Waals surface area contributed by atoms with Gasteiger partial charge in [0.1, 0.15) is 6.54 Å². The molecule has 0 unspecified atom stereocenters. The highest BCUT2D eigenvalue weighted by Crippen LogP contribution is 2.22. The van der Waals surface area contributed by atoms with Crippen molar-refractivity contribution in [1.82, 2.24) is 0 Å². The molecule has 0 aliphatic carbocycles. The summed E-state index contributed by atoms with van der Waals surface area (Å²) in [7, 11) is 0. The maximum absolute atomic E-state index is 11.9. The molecule has 0 bridgehead atoms. The van der Waals surface area contributed by atoms with Crippen LogP contribution in [0, 0.1) is 6.92 Å². The molecular weight excluding hydrogens is 316 g/mol. The molecule has 0 heterocycles. The standard InChI is InChI=1S/C16H17BrN2O/c1-12-7-8-15(14(17)9-12)19-16(20)11-18-10-13-5-3-2-4-6-13/h2-9,18H,10-11H2,1H3,(H,19,20)/p+1. The SMILES string of the molecule is Cc1ccc(NC(=O)C[NH2+]Cc2ccccc2)c(Br)c1. The first-order chi connectivity index (χ1) is 9.65. The number of rotatable bonds is 5. The number of quaternary nitrogens is 1. The van der Waals surface area contributed by atoms with Crippen LogP contribution >= 0.6 is 15.9 Å². The molecule has 0 atom stereocenters. The van der Waals surface area contributed by atoms with Crippen molar-refractivity contribution < 1.29 is 10.1 Å². The zero-order chi connectivity index (χ0) is 14.4. The fourth-order valence-electron chi connectivity index (χ4n) is 1.91. The van der Waals surface area contributed by atoms with Crippen LogP contribution in [0.25, 0.3) is 0 Å². The first kappa shape index (κ1) is 14.8. The molecule has 0 aliphatic heterocycles. The molecule has 0 fully saturated rings. The number of nitrogens with two attached hydrogens (primary N) is 1. The lowest BCUT2D eigenvalue weighted by Gasteiger charge is -2.07. The van der Waals surface area contributed by atoms with E-state index in [2.05, 4.69) is 33.4 Å². The third-order valence-electron chi connectivity index (χ3n) is 2.95. The van der Waals surface area contributed by atoms with Crippen LogP contribution in [0.3, 0.4) is 0 Å². The van der Waals surface area contributed by atoms with Gasteiger partial charge in [-0.2, -0.15) is 0 Å². The highest BCUT2D eigenvalue weighted by atomic mass is 79.9. The number of nitrogens with one attached hydrogen (secondary N) is 1. The largest absolute Gasteiger partial charge is 0.335 e. The molecule has 104 valence electrons. The molecule has 2 aromatic carbocycles. The van der Waals surface area contributed by atoms with E-state index < -0.39 is 0 Å². The van der Waals surface area contributed by atoms with Gasteiger partial charge in [0.05, 0.1) is 5.69 Å². The third-order valence-corrected chi connectivity index (χ3v) is 3.61. The van der Waals surface area contributed by atoms with E-state index >= 15 is 0 Å². The van der Waals surface area contributed by atoms with Crippen LogP contribution in [0.4, 0.5) is 5.69 Å². The molecule has 2 aromatic rings. The van der Waals surface area contributed by atoms with Gasteiger partial charge in [0.25, 0.3) is 5.91 Å². The number of halogens is 1. The Balaban J connectivity index is 1.81. The van der Waals surface area contributed by atoms with Crippen LogP contribution in [-0.4, -0.2) is 12.5 Å². The Bertz CT molecular complexity index is 584. The van der Waals surface area contributed by atoms with E-state index in [0.717, 1.165) is 22.3 Å². The molecule has 0 aliphatic rings. The van der Waals surface area contributed by atoms with Crippen molar-refractivity contribution in [3.63, 3.8) is 0 Å². The molecule has 0 saturated heterocycles. The fourth-order valence-corrected chi connectivity index (χ4v) is 2.50. The van der Waals surface area contributed by atoms with Crippen LogP contribution < -0.4 is 10.6 Å². The molecule has 4 heteroatoms. The maximum Gasteiger partial charge on any atom is 0.279 e. The van der Waals surface area contributed by atoms with Crippen LogP contribution in [0.15, 0.2) is 53.0 Å². The summed E-state index contributed by atoms with van der Waals surface area (Å²) >= 11 is 3.46. The molecule has 0 spiro atoms. The highest BCUT2D eigenvalue weighted by Gasteiger charge is 2.07. The lowest BCUT2D eigenvalue weighted by atomic mass is 10.2. The Hall–Kier alpha value is -1.65. The Morgan fingerprint density at radius 3 is 2.65 bits per heavy atom. The third kappa shape index (κ3) is 4.47. The number of hydrogen-bond donors (Lipinski definition) is 2. The second kappa shape index (κ2) is 7.22. The lowest BCUT2D eigenvalue weighted by Crippen LogP contribution is -2.84. The Kier molecular flexibility index (Phi) is 5.32. The molecule has 0 radical (unpaired) electrons. The van der Waals surface area contributed by atoms with Crippen LogP contribution in [0.2, 0.25) is 0 Å². The minimum atomic E-state index is 0.00508. The van der Waals surface area contributed by atoms with Gasteiger partial charge in [0.15, 0.2) is 6.54 Å². The maximum atomic E-state index is 11.9. The number of hydrogen-bond acceptors (Lipinski definition) is 1. The summed E-state index contributed by atoms with van der Waals surface area (Å²) in [5.41, 5.74) is 3.19. The van der Waals surface area contributed by atoms with Crippen LogP contribution in [0.5, 0.6) is 0 Å². The summed E-state index contributed by atoms with van der Waals surface area (Å²) in [5.74, 6) is 0.00508. The quantitative estimate of drug-likeness (QED) is 0.867. The number of carbonyl (C=O) groups is 1. The van der Waals surface area contributed by atoms with Crippen molar-refractivity contribution in [3.05, 3.63) is 64.1 Å². The van der Waals surface area contributed by atoms with Gasteiger partial charge < -0.3 is 10.6 Å². The normalized spacial score (nSPS) is 10.3. The second-order valence-electron chi connectivity index (χ2n) is 4.71. The number of aryl methyl sites for hydroxylation is 1. The van der Waals surface area contributed by atoms with Crippen LogP contribution in [0.1, 0.15) is 11.1 Å². The molecule has 2 rings (SSSR count). The van der Waals surface area contributed by atoms with Crippen LogP contribution in [-0.2, 0) is 11.3 Å². The van der Waals surface area contributed by atoms with E-state index in [4.69, 9.17) is 0 Å². The number of amides is 1. The topological polar surface area (TPSA) is 45.7 Å². The first-order valence-corrected chi connectivity index (χ1v) is 7.36. The van der Waals surface area contributed by atoms with E-state index in [9.17, 15) is 4.79 Å². The lowest BCUT2D eigenvalue weighted by molar-refractivity contribution is -0.659. The second-order valence-corrected chi connectivity index (χ2v) is 5.57.